The van der Waals surface area contributed by atoms with Gasteiger partial charge >= 0.3 is 0 Å². The van der Waals surface area contributed by atoms with Gasteiger partial charge in [-0.2, -0.15) is 0 Å². The van der Waals surface area contributed by atoms with Gasteiger partial charge in [0.2, 0.25) is 5.91 Å². The van der Waals surface area contributed by atoms with E-state index in [2.05, 4.69) is 5.32 Å². The summed E-state index contributed by atoms with van der Waals surface area (Å²) in [5.74, 6) is 0.971. The Hall–Kier alpha value is -4.00. The molecule has 0 saturated carbocycles. The lowest BCUT2D eigenvalue weighted by atomic mass is 9.76. The number of nitrogens with zero attached hydrogens (tertiary/aromatic N) is 2. The van der Waals surface area contributed by atoms with Gasteiger partial charge in [-0.3, -0.25) is 14.5 Å². The molecule has 1 aliphatic heterocycles. The fraction of sp³-hybridized carbons (Fsp3) is 0.231. The van der Waals surface area contributed by atoms with Gasteiger partial charge in [-0.15, -0.1) is 0 Å². The highest BCUT2D eigenvalue weighted by Crippen LogP contribution is 2.46. The normalized spacial score (nSPS) is 17.2. The lowest BCUT2D eigenvalue weighted by Gasteiger charge is -2.50. The van der Waals surface area contributed by atoms with E-state index in [0.717, 1.165) is 11.3 Å². The second-order valence-corrected chi connectivity index (χ2v) is 8.09. The molecular weight excluding hydrogens is 418 g/mol. The van der Waals surface area contributed by atoms with Crippen molar-refractivity contribution in [2.45, 2.75) is 12.0 Å². The van der Waals surface area contributed by atoms with Gasteiger partial charge in [0.25, 0.3) is 5.91 Å². The average Bonchev–Trinajstić information content (AvgIpc) is 2.83. The van der Waals surface area contributed by atoms with Crippen molar-refractivity contribution in [2.24, 2.45) is 0 Å². The molecule has 170 valence electrons. The van der Waals surface area contributed by atoms with Gasteiger partial charge in [-0.05, 0) is 66.2 Å². The summed E-state index contributed by atoms with van der Waals surface area (Å²) in [5, 5.41) is 2.99. The molecule has 1 fully saturated rings. The van der Waals surface area contributed by atoms with Crippen LogP contribution in [0.3, 0.4) is 0 Å². The standard InChI is InChI=1S/C26H27N3O4/c1-28(2)20-9-5-18(6-10-20)26(25(31)27-19-7-13-22(32-3)14-8-19)17-24(30)29(26)21-11-15-23(33-4)16-12-21/h5-16H,17H2,1-4H3,(H,27,31). The Kier molecular flexibility index (Phi) is 5.96. The number of hydrogen-bond acceptors (Lipinski definition) is 5. The maximum atomic E-state index is 13.8. The molecule has 7 nitrogen and oxygen atoms in total. The Balaban J connectivity index is 1.75. The molecule has 1 N–H and O–H groups in total. The molecule has 0 aliphatic carbocycles. The van der Waals surface area contributed by atoms with Crippen molar-refractivity contribution in [3.8, 4) is 11.5 Å². The zero-order chi connectivity index (χ0) is 23.6. The maximum absolute atomic E-state index is 13.8. The number of carbonyl (C=O) groups is 2. The van der Waals surface area contributed by atoms with Crippen LogP contribution in [-0.4, -0.2) is 40.1 Å². The van der Waals surface area contributed by atoms with E-state index in [-0.39, 0.29) is 18.2 Å². The molecule has 0 aromatic heterocycles. The third-order valence-corrected chi connectivity index (χ3v) is 5.95. The lowest BCUT2D eigenvalue weighted by molar-refractivity contribution is -0.137. The van der Waals surface area contributed by atoms with E-state index in [1.54, 1.807) is 67.7 Å². The zero-order valence-electron chi connectivity index (χ0n) is 19.2. The summed E-state index contributed by atoms with van der Waals surface area (Å²) >= 11 is 0. The van der Waals surface area contributed by atoms with Crippen LogP contribution in [0.15, 0.2) is 72.8 Å². The van der Waals surface area contributed by atoms with Crippen molar-refractivity contribution < 1.29 is 19.1 Å². The van der Waals surface area contributed by atoms with E-state index in [0.29, 0.717) is 22.9 Å². The second-order valence-electron chi connectivity index (χ2n) is 8.09. The summed E-state index contributed by atoms with van der Waals surface area (Å²) in [4.78, 5) is 30.2. The number of amides is 2. The minimum absolute atomic E-state index is 0.0718. The van der Waals surface area contributed by atoms with Crippen LogP contribution in [0.25, 0.3) is 0 Å². The van der Waals surface area contributed by atoms with Crippen molar-refractivity contribution in [3.05, 3.63) is 78.4 Å². The van der Waals surface area contributed by atoms with Crippen molar-refractivity contribution in [3.63, 3.8) is 0 Å². The first-order valence-corrected chi connectivity index (χ1v) is 10.6. The van der Waals surface area contributed by atoms with Crippen molar-refractivity contribution in [1.82, 2.24) is 0 Å². The largest absolute Gasteiger partial charge is 0.497 e. The highest BCUT2D eigenvalue weighted by Gasteiger charge is 2.58. The van der Waals surface area contributed by atoms with E-state index in [1.165, 1.54) is 0 Å². The van der Waals surface area contributed by atoms with Gasteiger partial charge in [-0.25, -0.2) is 0 Å². The minimum atomic E-state index is -1.17. The molecule has 7 heteroatoms. The summed E-state index contributed by atoms with van der Waals surface area (Å²) in [6.07, 6.45) is 0.0718. The molecule has 0 spiro atoms. The number of hydrogen-bond donors (Lipinski definition) is 1. The van der Waals surface area contributed by atoms with E-state index >= 15 is 0 Å². The van der Waals surface area contributed by atoms with Crippen molar-refractivity contribution in [2.75, 3.05) is 43.4 Å². The van der Waals surface area contributed by atoms with Crippen LogP contribution >= 0.6 is 0 Å². The Labute approximate surface area is 193 Å². The maximum Gasteiger partial charge on any atom is 0.255 e. The molecule has 3 aromatic rings. The summed E-state index contributed by atoms with van der Waals surface area (Å²) < 4.78 is 10.4. The van der Waals surface area contributed by atoms with Gasteiger partial charge in [0, 0.05) is 31.2 Å². The Morgan fingerprint density at radius 1 is 0.879 bits per heavy atom. The molecule has 4 rings (SSSR count). The number of anilines is 3. The van der Waals surface area contributed by atoms with Crippen LogP contribution in [0.2, 0.25) is 0 Å². The van der Waals surface area contributed by atoms with Crippen molar-refractivity contribution >= 4 is 28.9 Å². The predicted octanol–water partition coefficient (Wildman–Crippen LogP) is 4.04. The Morgan fingerprint density at radius 2 is 1.42 bits per heavy atom. The van der Waals surface area contributed by atoms with E-state index < -0.39 is 5.54 Å². The van der Waals surface area contributed by atoms with Gasteiger partial charge in [0.1, 0.15) is 11.5 Å². The number of nitrogens with one attached hydrogen (secondary N) is 1. The van der Waals surface area contributed by atoms with Crippen LogP contribution in [0, 0.1) is 0 Å². The molecule has 33 heavy (non-hydrogen) atoms. The predicted molar refractivity (Wildman–Crippen MR) is 129 cm³/mol. The Morgan fingerprint density at radius 3 is 1.91 bits per heavy atom. The first kappa shape index (κ1) is 22.2. The van der Waals surface area contributed by atoms with Crippen LogP contribution in [0.1, 0.15) is 12.0 Å². The average molecular weight is 446 g/mol. The topological polar surface area (TPSA) is 71.1 Å². The molecule has 3 aromatic carbocycles. The third kappa shape index (κ3) is 3.98. The molecule has 0 radical (unpaired) electrons. The highest BCUT2D eigenvalue weighted by molar-refractivity contribution is 6.17. The van der Waals surface area contributed by atoms with Gasteiger partial charge in [-0.1, -0.05) is 12.1 Å². The molecule has 2 amide bonds. The quantitative estimate of drug-likeness (QED) is 0.556. The molecule has 1 saturated heterocycles. The van der Waals surface area contributed by atoms with Crippen LogP contribution in [0.5, 0.6) is 11.5 Å². The first-order chi connectivity index (χ1) is 15.9. The fourth-order valence-corrected chi connectivity index (χ4v) is 4.08. The second kappa shape index (κ2) is 8.86. The molecule has 1 aliphatic rings. The number of benzene rings is 3. The summed E-state index contributed by atoms with van der Waals surface area (Å²) in [6, 6.07) is 22.0. The first-order valence-electron chi connectivity index (χ1n) is 10.6. The number of rotatable bonds is 7. The monoisotopic (exact) mass is 445 g/mol. The zero-order valence-corrected chi connectivity index (χ0v) is 19.2. The fourth-order valence-electron chi connectivity index (χ4n) is 4.08. The molecule has 1 heterocycles. The number of ether oxygens (including phenoxy) is 2. The van der Waals surface area contributed by atoms with Gasteiger partial charge < -0.3 is 19.7 Å². The Bertz CT molecular complexity index is 1140. The summed E-state index contributed by atoms with van der Waals surface area (Å²) in [7, 11) is 7.09. The third-order valence-electron chi connectivity index (χ3n) is 5.95. The molecule has 1 unspecified atom stereocenters. The van der Waals surface area contributed by atoms with Crippen LogP contribution in [0.4, 0.5) is 17.1 Å². The summed E-state index contributed by atoms with van der Waals surface area (Å²) in [6.45, 7) is 0. The van der Waals surface area contributed by atoms with Crippen LogP contribution < -0.4 is 24.6 Å². The number of β-lactam (4-membered cyclic amide) rings is 1. The minimum Gasteiger partial charge on any atom is -0.497 e. The van der Waals surface area contributed by atoms with Crippen molar-refractivity contribution in [1.29, 1.82) is 0 Å². The van der Waals surface area contributed by atoms with Crippen LogP contribution in [-0.2, 0) is 15.1 Å². The smallest absolute Gasteiger partial charge is 0.255 e. The molecular formula is C26H27N3O4. The lowest BCUT2D eigenvalue weighted by Crippen LogP contribution is -2.67. The molecule has 0 bridgehead atoms. The van der Waals surface area contributed by atoms with Gasteiger partial charge in [0.05, 0.1) is 20.6 Å². The molecule has 1 atom stereocenters. The summed E-state index contributed by atoms with van der Waals surface area (Å²) in [5.41, 5.74) is 1.84. The van der Waals surface area contributed by atoms with E-state index in [9.17, 15) is 9.59 Å². The van der Waals surface area contributed by atoms with Gasteiger partial charge in [0.15, 0.2) is 5.54 Å². The SMILES string of the molecule is COc1ccc(NC(=O)C2(c3ccc(N(C)C)cc3)CC(=O)N2c2ccc(OC)cc2)cc1. The van der Waals surface area contributed by atoms with E-state index in [1.807, 2.05) is 43.3 Å². The van der Waals surface area contributed by atoms with E-state index in [4.69, 9.17) is 9.47 Å². The highest BCUT2D eigenvalue weighted by atomic mass is 16.5. The number of methoxy groups -OCH3 is 2. The number of carbonyl (C=O) groups excluding carboxylic acids is 2.